The van der Waals surface area contributed by atoms with Crippen LogP contribution in [0.1, 0.15) is 12.0 Å². The van der Waals surface area contributed by atoms with Gasteiger partial charge in [0, 0.05) is 39.1 Å². The minimum absolute atomic E-state index is 0.0936. The predicted octanol–water partition coefficient (Wildman–Crippen LogP) is 1.37. The van der Waals surface area contributed by atoms with Crippen LogP contribution in [0.15, 0.2) is 24.3 Å². The zero-order chi connectivity index (χ0) is 15.5. The second-order valence-electron chi connectivity index (χ2n) is 6.26. The van der Waals surface area contributed by atoms with Gasteiger partial charge in [-0.25, -0.2) is 0 Å². The van der Waals surface area contributed by atoms with E-state index in [1.54, 1.807) is 7.11 Å². The average Bonchev–Trinajstić information content (AvgIpc) is 2.67. The molecule has 1 amide bonds. The average molecular weight is 304 g/mol. The van der Waals surface area contributed by atoms with E-state index in [1.165, 1.54) is 5.56 Å². The maximum Gasteiger partial charge on any atom is 0.248 e. The van der Waals surface area contributed by atoms with E-state index in [0.717, 1.165) is 38.3 Å². The molecule has 120 valence electrons. The van der Waals surface area contributed by atoms with Crippen molar-refractivity contribution in [2.24, 2.45) is 5.92 Å². The van der Waals surface area contributed by atoms with Gasteiger partial charge < -0.3 is 14.4 Å². The number of amides is 1. The molecule has 0 unspecified atom stereocenters. The Hall–Kier alpha value is -1.59. The number of fused-ring (bicyclic) bond motifs is 1. The first-order chi connectivity index (χ1) is 10.7. The van der Waals surface area contributed by atoms with Crippen molar-refractivity contribution in [3.8, 4) is 5.75 Å². The molecule has 1 aromatic carbocycles. The van der Waals surface area contributed by atoms with E-state index >= 15 is 0 Å². The fourth-order valence-electron chi connectivity index (χ4n) is 3.36. The van der Waals surface area contributed by atoms with Crippen LogP contribution in [0.4, 0.5) is 0 Å². The summed E-state index contributed by atoms with van der Waals surface area (Å²) in [6, 6.07) is 8.24. The Balaban J connectivity index is 1.61. The van der Waals surface area contributed by atoms with Gasteiger partial charge in [-0.15, -0.1) is 0 Å². The summed E-state index contributed by atoms with van der Waals surface area (Å²) in [4.78, 5) is 16.0. The highest BCUT2D eigenvalue weighted by Crippen LogP contribution is 2.25. The highest BCUT2D eigenvalue weighted by Gasteiger charge is 2.34. The number of ether oxygens (including phenoxy) is 2. The molecule has 0 aliphatic carbocycles. The number of hydrogen-bond donors (Lipinski definition) is 0. The Morgan fingerprint density at radius 1 is 1.27 bits per heavy atom. The van der Waals surface area contributed by atoms with Gasteiger partial charge in [-0.1, -0.05) is 12.1 Å². The van der Waals surface area contributed by atoms with E-state index < -0.39 is 0 Å². The molecule has 2 saturated heterocycles. The van der Waals surface area contributed by atoms with Crippen molar-refractivity contribution in [3.05, 3.63) is 29.8 Å². The van der Waals surface area contributed by atoms with Gasteiger partial charge >= 0.3 is 0 Å². The number of carbonyl (C=O) groups is 1. The Kier molecular flexibility index (Phi) is 4.64. The van der Waals surface area contributed by atoms with Crippen molar-refractivity contribution in [3.63, 3.8) is 0 Å². The van der Waals surface area contributed by atoms with Gasteiger partial charge in [0.25, 0.3) is 0 Å². The number of likely N-dealkylation sites (tertiary alicyclic amines) is 1. The molecule has 5 nitrogen and oxygen atoms in total. The highest BCUT2D eigenvalue weighted by atomic mass is 16.5. The summed E-state index contributed by atoms with van der Waals surface area (Å²) in [6.07, 6.45) is 1.23. The quantitative estimate of drug-likeness (QED) is 0.846. The highest BCUT2D eigenvalue weighted by molar-refractivity contribution is 5.77. The van der Waals surface area contributed by atoms with E-state index in [4.69, 9.17) is 9.47 Å². The third-order valence-corrected chi connectivity index (χ3v) is 4.67. The molecule has 1 aromatic rings. The lowest BCUT2D eigenvalue weighted by Crippen LogP contribution is -2.46. The predicted molar refractivity (Wildman–Crippen MR) is 83.8 cm³/mol. The van der Waals surface area contributed by atoms with Gasteiger partial charge in [0.1, 0.15) is 12.4 Å². The summed E-state index contributed by atoms with van der Waals surface area (Å²) >= 11 is 0. The van der Waals surface area contributed by atoms with E-state index in [-0.39, 0.29) is 18.6 Å². The number of likely N-dealkylation sites (N-methyl/N-ethyl adjacent to an activating group) is 1. The van der Waals surface area contributed by atoms with E-state index in [0.29, 0.717) is 5.92 Å². The minimum Gasteiger partial charge on any atom is -0.497 e. The number of methoxy groups -OCH3 is 1. The summed E-state index contributed by atoms with van der Waals surface area (Å²) in [6.45, 7) is 3.96. The van der Waals surface area contributed by atoms with Crippen molar-refractivity contribution in [1.29, 1.82) is 0 Å². The van der Waals surface area contributed by atoms with Crippen molar-refractivity contribution < 1.29 is 14.3 Å². The Bertz CT molecular complexity index is 517. The topological polar surface area (TPSA) is 42.0 Å². The molecule has 2 aliphatic rings. The number of piperidine rings is 1. The molecule has 2 heterocycles. The fraction of sp³-hybridized carbons (Fsp3) is 0.588. The van der Waals surface area contributed by atoms with Crippen LogP contribution in [0, 0.1) is 5.92 Å². The first-order valence-corrected chi connectivity index (χ1v) is 7.86. The first kappa shape index (κ1) is 15.3. The Morgan fingerprint density at radius 2 is 2.05 bits per heavy atom. The molecule has 0 spiro atoms. The number of hydrogen-bond acceptors (Lipinski definition) is 4. The zero-order valence-corrected chi connectivity index (χ0v) is 13.3. The van der Waals surface area contributed by atoms with Crippen molar-refractivity contribution in [1.82, 2.24) is 9.80 Å². The molecule has 2 fully saturated rings. The Morgan fingerprint density at radius 3 is 2.77 bits per heavy atom. The minimum atomic E-state index is 0.0936. The molecule has 2 atom stereocenters. The van der Waals surface area contributed by atoms with Gasteiger partial charge in [0.15, 0.2) is 0 Å². The SMILES string of the molecule is COc1ccc(CN2CC[C@@H]3OCC(=O)N(C)C[C@H]3C2)cc1. The number of carbonyl (C=O) groups excluding carboxylic acids is 1. The molecule has 5 heteroatoms. The maximum atomic E-state index is 11.8. The van der Waals surface area contributed by atoms with Gasteiger partial charge in [0.05, 0.1) is 13.2 Å². The summed E-state index contributed by atoms with van der Waals surface area (Å²) in [7, 11) is 3.56. The molecule has 0 N–H and O–H groups in total. The molecule has 3 rings (SSSR count). The van der Waals surface area contributed by atoms with Crippen LogP contribution < -0.4 is 4.74 Å². The third kappa shape index (κ3) is 3.42. The summed E-state index contributed by atoms with van der Waals surface area (Å²) < 4.78 is 11.0. The second-order valence-corrected chi connectivity index (χ2v) is 6.26. The van der Waals surface area contributed by atoms with Crippen LogP contribution in [0.5, 0.6) is 5.75 Å². The number of benzene rings is 1. The van der Waals surface area contributed by atoms with Crippen LogP contribution in [0.3, 0.4) is 0 Å². The summed E-state index contributed by atoms with van der Waals surface area (Å²) in [5, 5.41) is 0. The zero-order valence-electron chi connectivity index (χ0n) is 13.3. The van der Waals surface area contributed by atoms with E-state index in [1.807, 2.05) is 24.1 Å². The monoisotopic (exact) mass is 304 g/mol. The van der Waals surface area contributed by atoms with Crippen LogP contribution in [-0.2, 0) is 16.1 Å². The van der Waals surface area contributed by atoms with Crippen molar-refractivity contribution in [2.45, 2.75) is 19.1 Å². The standard InChI is InChI=1S/C17H24N2O3/c1-18-10-14-11-19(8-7-16(14)22-12-17(18)20)9-13-3-5-15(21-2)6-4-13/h3-6,14,16H,7-12H2,1-2H3/t14-,16-/m0/s1. The second kappa shape index (κ2) is 6.67. The molecular weight excluding hydrogens is 280 g/mol. The number of nitrogens with zero attached hydrogens (tertiary/aromatic N) is 2. The largest absolute Gasteiger partial charge is 0.497 e. The van der Waals surface area contributed by atoms with Crippen LogP contribution in [0.25, 0.3) is 0 Å². The van der Waals surface area contributed by atoms with E-state index in [2.05, 4.69) is 17.0 Å². The van der Waals surface area contributed by atoms with Crippen LogP contribution in [-0.4, -0.2) is 62.2 Å². The van der Waals surface area contributed by atoms with Gasteiger partial charge in [-0.3, -0.25) is 9.69 Å². The smallest absolute Gasteiger partial charge is 0.248 e. The van der Waals surface area contributed by atoms with Crippen LogP contribution >= 0.6 is 0 Å². The summed E-state index contributed by atoms with van der Waals surface area (Å²) in [5.74, 6) is 1.39. The number of rotatable bonds is 3. The normalized spacial score (nSPS) is 26.5. The molecule has 0 radical (unpaired) electrons. The molecular formula is C17H24N2O3. The Labute approximate surface area is 131 Å². The molecule has 22 heavy (non-hydrogen) atoms. The summed E-state index contributed by atoms with van der Waals surface area (Å²) in [5.41, 5.74) is 1.29. The molecule has 0 saturated carbocycles. The molecule has 0 bridgehead atoms. The fourth-order valence-corrected chi connectivity index (χ4v) is 3.36. The van der Waals surface area contributed by atoms with Gasteiger partial charge in [-0.2, -0.15) is 0 Å². The maximum absolute atomic E-state index is 11.8. The van der Waals surface area contributed by atoms with Gasteiger partial charge in [0.2, 0.25) is 5.91 Å². The van der Waals surface area contributed by atoms with E-state index in [9.17, 15) is 4.79 Å². The third-order valence-electron chi connectivity index (χ3n) is 4.67. The van der Waals surface area contributed by atoms with Crippen LogP contribution in [0.2, 0.25) is 0 Å². The molecule has 2 aliphatic heterocycles. The van der Waals surface area contributed by atoms with Gasteiger partial charge in [-0.05, 0) is 24.1 Å². The molecule has 0 aromatic heterocycles. The lowest BCUT2D eigenvalue weighted by molar-refractivity contribution is -0.133. The van der Waals surface area contributed by atoms with Crippen molar-refractivity contribution in [2.75, 3.05) is 40.4 Å². The lowest BCUT2D eigenvalue weighted by Gasteiger charge is -2.37. The lowest BCUT2D eigenvalue weighted by atomic mass is 9.94. The van der Waals surface area contributed by atoms with Crippen molar-refractivity contribution >= 4 is 5.91 Å². The first-order valence-electron chi connectivity index (χ1n) is 7.86.